The predicted octanol–water partition coefficient (Wildman–Crippen LogP) is -0.0717. The molecule has 0 radical (unpaired) electrons. The SMILES string of the molecule is CC[C@H](C)[C@@H](NC(=O)CNC)C(=O)CCC(=O)N[C@@H](CSC)C(=O)N[C@H](CC(=O)NC)C(=O)N1C[C@H](OC(C)(C)C)C[C@H]1C(C)=O. The Labute approximate surface area is 277 Å². The van der Waals surface area contributed by atoms with Gasteiger partial charge in [0, 0.05) is 38.6 Å². The van der Waals surface area contributed by atoms with Crippen LogP contribution >= 0.6 is 11.8 Å². The third-order valence-electron chi connectivity index (χ3n) is 7.62. The van der Waals surface area contributed by atoms with E-state index < -0.39 is 59.5 Å². The van der Waals surface area contributed by atoms with Crippen molar-refractivity contribution in [3.05, 3.63) is 0 Å². The van der Waals surface area contributed by atoms with Crippen LogP contribution in [0.25, 0.3) is 0 Å². The third kappa shape index (κ3) is 13.8. The zero-order valence-electron chi connectivity index (χ0n) is 28.7. The molecule has 0 aromatic carbocycles. The average Bonchev–Trinajstić information content (AvgIpc) is 3.39. The van der Waals surface area contributed by atoms with E-state index in [-0.39, 0.29) is 61.5 Å². The molecule has 0 aromatic rings. The van der Waals surface area contributed by atoms with Crippen molar-refractivity contribution in [2.75, 3.05) is 39.2 Å². The molecule has 1 rings (SSSR count). The summed E-state index contributed by atoms with van der Waals surface area (Å²) in [6.07, 6.45) is 1.53. The van der Waals surface area contributed by atoms with Gasteiger partial charge in [-0.05, 0) is 46.9 Å². The number of likely N-dealkylation sites (N-methyl/N-ethyl adjacent to an activating group) is 1. The van der Waals surface area contributed by atoms with Crippen molar-refractivity contribution < 1.29 is 38.3 Å². The number of ketones is 2. The molecule has 0 unspecified atom stereocenters. The first-order valence-electron chi connectivity index (χ1n) is 15.7. The minimum absolute atomic E-state index is 0.0496. The molecular formula is C31H54N6O8S. The van der Waals surface area contributed by atoms with E-state index in [1.54, 1.807) is 13.3 Å². The molecule has 0 aromatic heterocycles. The normalized spacial score (nSPS) is 18.9. The lowest BCUT2D eigenvalue weighted by Crippen LogP contribution is -2.57. The monoisotopic (exact) mass is 670 g/mol. The van der Waals surface area contributed by atoms with Crippen LogP contribution in [0.1, 0.15) is 73.6 Å². The van der Waals surface area contributed by atoms with Gasteiger partial charge in [-0.2, -0.15) is 11.8 Å². The maximum Gasteiger partial charge on any atom is 0.246 e. The van der Waals surface area contributed by atoms with E-state index >= 15 is 0 Å². The van der Waals surface area contributed by atoms with Crippen LogP contribution in [-0.4, -0.2) is 121 Å². The lowest BCUT2D eigenvalue weighted by molar-refractivity contribution is -0.142. The summed E-state index contributed by atoms with van der Waals surface area (Å²) in [5.74, 6) is -3.20. The maximum atomic E-state index is 13.8. The molecule has 15 heteroatoms. The fourth-order valence-corrected chi connectivity index (χ4v) is 5.71. The Morgan fingerprint density at radius 3 is 2.11 bits per heavy atom. The number of nitrogens with one attached hydrogen (secondary N) is 5. The number of Topliss-reactive ketones (excluding diaryl/α,β-unsaturated/α-hetero) is 2. The zero-order valence-corrected chi connectivity index (χ0v) is 29.6. The third-order valence-corrected chi connectivity index (χ3v) is 8.28. The van der Waals surface area contributed by atoms with Gasteiger partial charge in [-0.15, -0.1) is 0 Å². The zero-order chi connectivity index (χ0) is 35.2. The van der Waals surface area contributed by atoms with E-state index in [4.69, 9.17) is 4.74 Å². The highest BCUT2D eigenvalue weighted by molar-refractivity contribution is 7.98. The van der Waals surface area contributed by atoms with Crippen LogP contribution in [0, 0.1) is 5.92 Å². The van der Waals surface area contributed by atoms with Gasteiger partial charge in [0.25, 0.3) is 0 Å². The summed E-state index contributed by atoms with van der Waals surface area (Å²) in [6.45, 7) is 10.9. The van der Waals surface area contributed by atoms with E-state index in [2.05, 4.69) is 26.6 Å². The van der Waals surface area contributed by atoms with E-state index in [9.17, 15) is 33.6 Å². The van der Waals surface area contributed by atoms with Gasteiger partial charge in [0.1, 0.15) is 12.1 Å². The molecule has 5 N–H and O–H groups in total. The second-order valence-corrected chi connectivity index (χ2v) is 13.6. The molecule has 1 aliphatic rings. The fourth-order valence-electron chi connectivity index (χ4n) is 5.14. The molecule has 1 aliphatic heterocycles. The summed E-state index contributed by atoms with van der Waals surface area (Å²) < 4.78 is 6.03. The van der Waals surface area contributed by atoms with Gasteiger partial charge in [-0.3, -0.25) is 33.6 Å². The van der Waals surface area contributed by atoms with E-state index in [1.807, 2.05) is 34.6 Å². The van der Waals surface area contributed by atoms with Gasteiger partial charge in [-0.1, -0.05) is 20.3 Å². The van der Waals surface area contributed by atoms with Gasteiger partial charge in [0.2, 0.25) is 29.5 Å². The number of carbonyl (C=O) groups is 7. The highest BCUT2D eigenvalue weighted by Crippen LogP contribution is 2.26. The molecule has 262 valence electrons. The first-order valence-corrected chi connectivity index (χ1v) is 17.1. The Kier molecular flexibility index (Phi) is 17.4. The summed E-state index contributed by atoms with van der Waals surface area (Å²) in [4.78, 5) is 91.4. The standard InChI is InChI=1S/C31H54N6O8S/c1-10-18(2)28(36-27(42)15-32-7)24(39)11-12-25(40)34-22(17-46-9)29(43)35-21(14-26(41)33-8)30(44)37-16-20(45-31(4,5)6)13-23(37)19(3)38/h18,20-23,28,32H,10-17H2,1-9H3,(H,33,41)(H,34,40)(H,35,43)(H,36,42)/t18-,20+,21+,22-,23-,28+/m0/s1. The topological polar surface area (TPSA) is 192 Å². The number of hydrogen-bond donors (Lipinski definition) is 5. The second kappa shape index (κ2) is 19.6. The number of nitrogens with zero attached hydrogens (tertiary/aromatic N) is 1. The minimum Gasteiger partial charge on any atom is -0.371 e. The van der Waals surface area contributed by atoms with Crippen LogP contribution in [0.4, 0.5) is 0 Å². The van der Waals surface area contributed by atoms with Crippen molar-refractivity contribution in [1.82, 2.24) is 31.5 Å². The molecule has 0 spiro atoms. The number of amides is 5. The number of rotatable bonds is 19. The van der Waals surface area contributed by atoms with E-state index in [0.717, 1.165) is 0 Å². The van der Waals surface area contributed by atoms with Crippen molar-refractivity contribution in [3.8, 4) is 0 Å². The molecule has 5 amide bonds. The van der Waals surface area contributed by atoms with Gasteiger partial charge in [0.05, 0.1) is 36.8 Å². The van der Waals surface area contributed by atoms with Crippen molar-refractivity contribution >= 4 is 52.9 Å². The number of thioether (sulfide) groups is 1. The first-order chi connectivity index (χ1) is 21.5. The van der Waals surface area contributed by atoms with Gasteiger partial charge >= 0.3 is 0 Å². The van der Waals surface area contributed by atoms with Gasteiger partial charge in [0.15, 0.2) is 11.6 Å². The molecular weight excluding hydrogens is 616 g/mol. The molecule has 0 aliphatic carbocycles. The van der Waals surface area contributed by atoms with Crippen molar-refractivity contribution in [2.45, 2.75) is 110 Å². The molecule has 1 heterocycles. The smallest absolute Gasteiger partial charge is 0.246 e. The highest BCUT2D eigenvalue weighted by atomic mass is 32.2. The Bertz CT molecular complexity index is 1100. The summed E-state index contributed by atoms with van der Waals surface area (Å²) >= 11 is 1.28. The predicted molar refractivity (Wildman–Crippen MR) is 176 cm³/mol. The molecule has 6 atom stereocenters. The fraction of sp³-hybridized carbons (Fsp3) is 0.774. The molecule has 0 saturated carbocycles. The maximum absolute atomic E-state index is 13.8. The number of likely N-dealkylation sites (tertiary alicyclic amines) is 1. The quantitative estimate of drug-likeness (QED) is 0.124. The summed E-state index contributed by atoms with van der Waals surface area (Å²) in [7, 11) is 3.03. The van der Waals surface area contributed by atoms with Crippen molar-refractivity contribution in [1.29, 1.82) is 0 Å². The molecule has 1 saturated heterocycles. The van der Waals surface area contributed by atoms with E-state index in [0.29, 0.717) is 12.8 Å². The van der Waals surface area contributed by atoms with Crippen LogP contribution in [0.15, 0.2) is 0 Å². The van der Waals surface area contributed by atoms with Crippen LogP contribution in [-0.2, 0) is 38.3 Å². The number of ether oxygens (including phenoxy) is 1. The largest absolute Gasteiger partial charge is 0.371 e. The second-order valence-electron chi connectivity index (χ2n) is 12.6. The van der Waals surface area contributed by atoms with Crippen LogP contribution in [0.2, 0.25) is 0 Å². The van der Waals surface area contributed by atoms with Crippen LogP contribution < -0.4 is 26.6 Å². The van der Waals surface area contributed by atoms with Crippen LogP contribution in [0.3, 0.4) is 0 Å². The summed E-state index contributed by atoms with van der Waals surface area (Å²) in [5, 5.41) is 13.2. The molecule has 0 bridgehead atoms. The number of hydrogen-bond acceptors (Lipinski definition) is 10. The van der Waals surface area contributed by atoms with E-state index in [1.165, 1.54) is 30.6 Å². The molecule has 46 heavy (non-hydrogen) atoms. The summed E-state index contributed by atoms with van der Waals surface area (Å²) in [5.41, 5.74) is -0.510. The highest BCUT2D eigenvalue weighted by Gasteiger charge is 2.43. The summed E-state index contributed by atoms with van der Waals surface area (Å²) in [6, 6.07) is -3.90. The Morgan fingerprint density at radius 1 is 0.935 bits per heavy atom. The molecule has 14 nitrogen and oxygen atoms in total. The van der Waals surface area contributed by atoms with Gasteiger partial charge in [-0.25, -0.2) is 0 Å². The van der Waals surface area contributed by atoms with Crippen molar-refractivity contribution in [2.24, 2.45) is 5.92 Å². The minimum atomic E-state index is -1.30. The first kappa shape index (κ1) is 41.0. The Morgan fingerprint density at radius 2 is 1.59 bits per heavy atom. The number of carbonyl (C=O) groups excluding carboxylic acids is 7. The van der Waals surface area contributed by atoms with Crippen molar-refractivity contribution in [3.63, 3.8) is 0 Å². The lowest BCUT2D eigenvalue weighted by Gasteiger charge is -2.29. The van der Waals surface area contributed by atoms with Gasteiger partial charge < -0.3 is 36.2 Å². The average molecular weight is 671 g/mol. The van der Waals surface area contributed by atoms with Crippen LogP contribution in [0.5, 0.6) is 0 Å². The molecule has 1 fully saturated rings. The Hall–Kier alpha value is -3.04. The lowest BCUT2D eigenvalue weighted by atomic mass is 9.93. The Balaban J connectivity index is 3.04.